The van der Waals surface area contributed by atoms with Crippen LogP contribution in [-0.4, -0.2) is 32.1 Å². The highest BCUT2D eigenvalue weighted by Crippen LogP contribution is 2.81. The Hall–Kier alpha value is -0.420. The molecule has 0 saturated heterocycles. The fraction of sp³-hybridized carbons (Fsp3) is 0.857. The predicted octanol–water partition coefficient (Wildman–Crippen LogP) is -0.501. The third kappa shape index (κ3) is 0.969. The Kier molecular flexibility index (Phi) is 1.72. The maximum atomic E-state index is 11.0. The van der Waals surface area contributed by atoms with E-state index in [1.54, 1.807) is 0 Å². The molecule has 3 rings (SSSR count). The second-order valence-electron chi connectivity index (χ2n) is 4.48. The summed E-state index contributed by atoms with van der Waals surface area (Å²) in [6, 6.07) is -0.990. The van der Waals surface area contributed by atoms with Gasteiger partial charge >= 0.3 is 13.6 Å². The van der Waals surface area contributed by atoms with Crippen molar-refractivity contribution in [1.82, 2.24) is 0 Å². The average Bonchev–Trinajstić information content (AvgIpc) is 1.76. The van der Waals surface area contributed by atoms with E-state index in [0.29, 0.717) is 0 Å². The van der Waals surface area contributed by atoms with Crippen LogP contribution in [0.3, 0.4) is 0 Å². The maximum Gasteiger partial charge on any atom is 0.331 e. The Bertz CT molecular complexity index is 328. The van der Waals surface area contributed by atoms with Crippen LogP contribution in [0.5, 0.6) is 0 Å². The predicted molar refractivity (Wildman–Crippen MR) is 46.7 cm³/mol. The largest absolute Gasteiger partial charge is 0.480 e. The van der Waals surface area contributed by atoms with Crippen LogP contribution >= 0.6 is 7.60 Å². The van der Waals surface area contributed by atoms with Gasteiger partial charge in [-0.15, -0.1) is 0 Å². The first kappa shape index (κ1) is 10.1. The van der Waals surface area contributed by atoms with Crippen LogP contribution < -0.4 is 5.73 Å². The van der Waals surface area contributed by atoms with E-state index in [0.717, 1.165) is 0 Å². The van der Waals surface area contributed by atoms with Crippen molar-refractivity contribution in [1.29, 1.82) is 0 Å². The molecule has 0 amide bonds. The molecule has 0 unspecified atom stereocenters. The Morgan fingerprint density at radius 2 is 1.79 bits per heavy atom. The topological polar surface area (TPSA) is 121 Å². The molecule has 3 fully saturated rings. The molecule has 3 aliphatic rings. The lowest BCUT2D eigenvalue weighted by atomic mass is 9.41. The van der Waals surface area contributed by atoms with Gasteiger partial charge in [-0.2, -0.15) is 0 Å². The molecule has 6 nitrogen and oxygen atoms in total. The van der Waals surface area contributed by atoms with Gasteiger partial charge in [-0.3, -0.25) is 9.36 Å². The van der Waals surface area contributed by atoms with E-state index in [9.17, 15) is 9.36 Å². The molecule has 0 aromatic rings. The number of aliphatic carboxylic acids is 1. The van der Waals surface area contributed by atoms with Gasteiger partial charge in [0.05, 0.1) is 5.16 Å². The van der Waals surface area contributed by atoms with Gasteiger partial charge in [0.2, 0.25) is 0 Å². The Morgan fingerprint density at radius 1 is 1.36 bits per heavy atom. The molecule has 0 aromatic heterocycles. The van der Waals surface area contributed by atoms with Gasteiger partial charge < -0.3 is 20.6 Å². The number of rotatable bonds is 3. The first-order valence-electron chi connectivity index (χ1n) is 4.27. The molecule has 0 aliphatic heterocycles. The maximum absolute atomic E-state index is 11.0. The first-order chi connectivity index (χ1) is 6.23. The second kappa shape index (κ2) is 2.39. The van der Waals surface area contributed by atoms with Gasteiger partial charge in [-0.1, -0.05) is 0 Å². The Morgan fingerprint density at radius 3 is 2.07 bits per heavy atom. The molecule has 2 bridgehead atoms. The third-order valence-corrected chi connectivity index (χ3v) is 5.30. The van der Waals surface area contributed by atoms with E-state index in [-0.39, 0.29) is 19.3 Å². The molecule has 0 heterocycles. The highest BCUT2D eigenvalue weighted by molar-refractivity contribution is 7.53. The molecule has 3 saturated carbocycles. The molecule has 0 aromatic carbocycles. The number of carboxylic acid groups (broad SMARTS) is 1. The lowest BCUT2D eigenvalue weighted by Gasteiger charge is -2.71. The van der Waals surface area contributed by atoms with E-state index in [2.05, 4.69) is 0 Å². The molecule has 14 heavy (non-hydrogen) atoms. The van der Waals surface area contributed by atoms with Crippen LogP contribution in [0.1, 0.15) is 19.3 Å². The second-order valence-corrected chi connectivity index (χ2v) is 6.51. The molecule has 5 N–H and O–H groups in total. The molecule has 80 valence electrons. The van der Waals surface area contributed by atoms with Crippen molar-refractivity contribution in [2.75, 3.05) is 0 Å². The van der Waals surface area contributed by atoms with Crippen molar-refractivity contribution in [3.05, 3.63) is 0 Å². The Balaban J connectivity index is 2.08. The Labute approximate surface area is 80.3 Å². The summed E-state index contributed by atoms with van der Waals surface area (Å²) >= 11 is 0. The quantitative estimate of drug-likeness (QED) is 0.476. The fourth-order valence-electron chi connectivity index (χ4n) is 2.71. The van der Waals surface area contributed by atoms with Crippen LogP contribution in [0.4, 0.5) is 0 Å². The molecule has 7 heteroatoms. The number of hydrogen-bond acceptors (Lipinski definition) is 3. The number of nitrogens with two attached hydrogens (primary N) is 1. The zero-order chi connectivity index (χ0) is 10.8. The summed E-state index contributed by atoms with van der Waals surface area (Å²) in [6.45, 7) is 0. The van der Waals surface area contributed by atoms with Crippen molar-refractivity contribution in [3.8, 4) is 0 Å². The summed E-state index contributed by atoms with van der Waals surface area (Å²) < 4.78 is 11.0. The van der Waals surface area contributed by atoms with E-state index < -0.39 is 30.2 Å². The van der Waals surface area contributed by atoms with Crippen molar-refractivity contribution < 1.29 is 24.3 Å². The minimum atomic E-state index is -4.08. The number of carboxylic acids is 1. The summed E-state index contributed by atoms with van der Waals surface area (Å²) in [5.74, 6) is -1.09. The van der Waals surface area contributed by atoms with Crippen LogP contribution in [0.15, 0.2) is 0 Å². The van der Waals surface area contributed by atoms with E-state index >= 15 is 0 Å². The smallest absolute Gasteiger partial charge is 0.331 e. The van der Waals surface area contributed by atoms with Crippen molar-refractivity contribution in [2.45, 2.75) is 30.5 Å². The van der Waals surface area contributed by atoms with Gasteiger partial charge in [0.15, 0.2) is 0 Å². The molecule has 1 atom stereocenters. The summed E-state index contributed by atoms with van der Waals surface area (Å²) in [5.41, 5.74) is 4.89. The number of carbonyl (C=O) groups is 1. The molecule has 3 aliphatic carbocycles. The monoisotopic (exact) mass is 221 g/mol. The summed E-state index contributed by atoms with van der Waals surface area (Å²) in [5, 5.41) is 7.73. The van der Waals surface area contributed by atoms with Crippen molar-refractivity contribution >= 4 is 13.6 Å². The molecular weight excluding hydrogens is 209 g/mol. The summed E-state index contributed by atoms with van der Waals surface area (Å²) in [6.07, 6.45) is 0.743. The van der Waals surface area contributed by atoms with Gasteiger partial charge in [0, 0.05) is 0 Å². The highest BCUT2D eigenvalue weighted by Gasteiger charge is 2.77. The van der Waals surface area contributed by atoms with Crippen LogP contribution in [0.25, 0.3) is 0 Å². The van der Waals surface area contributed by atoms with Gasteiger partial charge in [0.1, 0.15) is 6.04 Å². The first-order valence-corrected chi connectivity index (χ1v) is 5.88. The van der Waals surface area contributed by atoms with Crippen LogP contribution in [0.2, 0.25) is 0 Å². The van der Waals surface area contributed by atoms with Crippen LogP contribution in [0, 0.1) is 5.41 Å². The van der Waals surface area contributed by atoms with E-state index in [4.69, 9.17) is 20.6 Å². The minimum absolute atomic E-state index is 0.248. The fourth-order valence-corrected chi connectivity index (χ4v) is 4.27. The zero-order valence-corrected chi connectivity index (χ0v) is 8.28. The van der Waals surface area contributed by atoms with Gasteiger partial charge in [-0.05, 0) is 24.7 Å². The van der Waals surface area contributed by atoms with E-state index in [1.165, 1.54) is 0 Å². The summed E-state index contributed by atoms with van der Waals surface area (Å²) in [7, 11) is -4.08. The third-order valence-electron chi connectivity index (χ3n) is 3.59. The highest BCUT2D eigenvalue weighted by atomic mass is 31.2. The zero-order valence-electron chi connectivity index (χ0n) is 7.38. The number of hydrogen-bond donors (Lipinski definition) is 4. The lowest BCUT2D eigenvalue weighted by Crippen LogP contribution is -2.73. The minimum Gasteiger partial charge on any atom is -0.480 e. The molecule has 0 spiro atoms. The average molecular weight is 221 g/mol. The van der Waals surface area contributed by atoms with Gasteiger partial charge in [-0.25, -0.2) is 0 Å². The molecular formula is C7H12NO5P. The molecule has 0 radical (unpaired) electrons. The van der Waals surface area contributed by atoms with Crippen molar-refractivity contribution in [3.63, 3.8) is 0 Å². The van der Waals surface area contributed by atoms with Gasteiger partial charge in [0.25, 0.3) is 0 Å². The van der Waals surface area contributed by atoms with E-state index in [1.807, 2.05) is 0 Å². The van der Waals surface area contributed by atoms with Crippen molar-refractivity contribution in [2.24, 2.45) is 11.1 Å². The lowest BCUT2D eigenvalue weighted by molar-refractivity contribution is -0.161. The normalized spacial score (nSPS) is 42.2. The standard InChI is InChI=1S/C7H12NO5P/c8-4(5(9)10)6-1-7(2-6,3-6)14(11,12)13/h4H,1-3,8H2,(H,9,10)(H2,11,12,13)/t4-,6?,7?/m1/s1. The SMILES string of the molecule is N[C@H](C(=O)O)C12CC(P(=O)(O)O)(C1)C2. The van der Waals surface area contributed by atoms with Crippen LogP contribution in [-0.2, 0) is 9.36 Å². The summed E-state index contributed by atoms with van der Waals surface area (Å²) in [4.78, 5) is 28.6.